The van der Waals surface area contributed by atoms with Crippen LogP contribution in [0.2, 0.25) is 0 Å². The van der Waals surface area contributed by atoms with E-state index in [9.17, 15) is 14.7 Å². The van der Waals surface area contributed by atoms with Crippen molar-refractivity contribution in [2.75, 3.05) is 18.2 Å². The molecule has 1 saturated heterocycles. The molecule has 1 fully saturated rings. The molecule has 122 valence electrons. The molecule has 23 heavy (non-hydrogen) atoms. The number of hydrogen-bond acceptors (Lipinski definition) is 7. The van der Waals surface area contributed by atoms with E-state index in [4.69, 9.17) is 22.7 Å². The first-order valence-electron chi connectivity index (χ1n) is 6.97. The van der Waals surface area contributed by atoms with Gasteiger partial charge in [0.05, 0.1) is 19.3 Å². The summed E-state index contributed by atoms with van der Waals surface area (Å²) in [6.45, 7) is -0.265. The maximum atomic E-state index is 12.7. The summed E-state index contributed by atoms with van der Waals surface area (Å²) in [5.74, 6) is 7.64. The number of imidazole rings is 1. The van der Waals surface area contributed by atoms with Crippen LogP contribution in [0.5, 0.6) is 0 Å². The van der Waals surface area contributed by atoms with Crippen molar-refractivity contribution >= 4 is 17.1 Å². The maximum Gasteiger partial charge on any atom is 0.333 e. The summed E-state index contributed by atoms with van der Waals surface area (Å²) >= 11 is 0. The van der Waals surface area contributed by atoms with E-state index < -0.39 is 17.5 Å². The molecule has 10 nitrogen and oxygen atoms in total. The number of rotatable bonds is 3. The highest BCUT2D eigenvalue weighted by Crippen LogP contribution is 2.28. The smallest absolute Gasteiger partial charge is 0.333 e. The lowest BCUT2D eigenvalue weighted by Crippen LogP contribution is -2.32. The summed E-state index contributed by atoms with van der Waals surface area (Å²) in [5.41, 5.74) is 4.46. The highest BCUT2D eigenvalue weighted by atomic mass is 16.5. The number of nitrogen functional groups attached to an aromatic ring is 2. The van der Waals surface area contributed by atoms with E-state index in [-0.39, 0.29) is 36.4 Å². The molecule has 0 spiro atoms. The van der Waals surface area contributed by atoms with Crippen molar-refractivity contribution in [3.05, 3.63) is 20.8 Å². The lowest BCUT2D eigenvalue weighted by molar-refractivity contribution is -0.0223. The number of aliphatic hydroxyl groups excluding tert-OH is 1. The van der Waals surface area contributed by atoms with E-state index in [1.165, 1.54) is 4.57 Å². The van der Waals surface area contributed by atoms with E-state index in [0.717, 1.165) is 4.57 Å². The van der Waals surface area contributed by atoms with E-state index in [1.54, 1.807) is 0 Å². The minimum Gasteiger partial charge on any atom is -0.394 e. The third kappa shape index (κ3) is 2.18. The third-order valence-electron chi connectivity index (χ3n) is 3.86. The van der Waals surface area contributed by atoms with Gasteiger partial charge in [-0.2, -0.15) is 9.66 Å². The molecule has 3 rings (SSSR count). The van der Waals surface area contributed by atoms with Crippen molar-refractivity contribution < 1.29 is 9.84 Å². The molecule has 0 aliphatic carbocycles. The van der Waals surface area contributed by atoms with Gasteiger partial charge in [-0.1, -0.05) is 5.92 Å². The van der Waals surface area contributed by atoms with Gasteiger partial charge in [0.2, 0.25) is 5.95 Å². The Morgan fingerprint density at radius 3 is 2.78 bits per heavy atom. The van der Waals surface area contributed by atoms with E-state index in [1.807, 2.05) is 0 Å². The van der Waals surface area contributed by atoms with Crippen LogP contribution in [0.25, 0.3) is 11.2 Å². The number of nitrogens with zero attached hydrogens (tertiary/aromatic N) is 4. The molecule has 1 aliphatic heterocycles. The molecule has 2 aromatic heterocycles. The second-order valence-corrected chi connectivity index (χ2v) is 5.23. The van der Waals surface area contributed by atoms with Gasteiger partial charge in [-0.05, 0) is 12.8 Å². The summed E-state index contributed by atoms with van der Waals surface area (Å²) in [5, 5.41) is 9.18. The van der Waals surface area contributed by atoms with Gasteiger partial charge in [-0.3, -0.25) is 9.36 Å². The standard InChI is InChI=1S/C13H16N6O4/c1-2-5-17-9-10(16-12(14)19(15)11(9)21)18(13(17)22)8-4-3-7(6-20)23-8/h1,7-8,20H,3-6,15H2,(H2,14,16). The SMILES string of the molecule is C#CCn1c(=O)n(C2CCC(CO)O2)c2nc(N)n(N)c(=O)c21. The zero-order chi connectivity index (χ0) is 16.7. The van der Waals surface area contributed by atoms with E-state index in [2.05, 4.69) is 10.9 Å². The Morgan fingerprint density at radius 2 is 2.17 bits per heavy atom. The van der Waals surface area contributed by atoms with E-state index in [0.29, 0.717) is 17.5 Å². The van der Waals surface area contributed by atoms with Crippen molar-refractivity contribution in [1.29, 1.82) is 0 Å². The van der Waals surface area contributed by atoms with Crippen LogP contribution >= 0.6 is 0 Å². The molecule has 1 aliphatic rings. The normalized spacial score (nSPS) is 20.9. The molecular formula is C13H16N6O4. The van der Waals surface area contributed by atoms with Crippen LogP contribution < -0.4 is 22.8 Å². The number of aromatic nitrogens is 4. The Morgan fingerprint density at radius 1 is 1.43 bits per heavy atom. The third-order valence-corrected chi connectivity index (χ3v) is 3.86. The fourth-order valence-electron chi connectivity index (χ4n) is 2.76. The lowest BCUT2D eigenvalue weighted by atomic mass is 10.2. The Kier molecular flexibility index (Phi) is 3.59. The second kappa shape index (κ2) is 5.45. The van der Waals surface area contributed by atoms with Crippen molar-refractivity contribution in [2.45, 2.75) is 31.7 Å². The molecule has 0 saturated carbocycles. The van der Waals surface area contributed by atoms with Gasteiger partial charge in [0.1, 0.15) is 6.23 Å². The van der Waals surface area contributed by atoms with Gasteiger partial charge in [0.15, 0.2) is 11.2 Å². The molecule has 0 amide bonds. The van der Waals surface area contributed by atoms with Crippen LogP contribution in [0, 0.1) is 12.3 Å². The molecule has 5 N–H and O–H groups in total. The van der Waals surface area contributed by atoms with Crippen molar-refractivity contribution in [3.63, 3.8) is 0 Å². The van der Waals surface area contributed by atoms with Gasteiger partial charge in [-0.25, -0.2) is 9.36 Å². The minimum atomic E-state index is -0.671. The Balaban J connectivity index is 2.31. The molecule has 0 radical (unpaired) electrons. The fourth-order valence-corrected chi connectivity index (χ4v) is 2.76. The zero-order valence-electron chi connectivity index (χ0n) is 12.2. The summed E-state index contributed by atoms with van der Waals surface area (Å²) in [7, 11) is 0. The first-order chi connectivity index (χ1) is 11.0. The Labute approximate surface area is 129 Å². The number of anilines is 1. The fraction of sp³-hybridized carbons (Fsp3) is 0.462. The van der Waals surface area contributed by atoms with Crippen molar-refractivity contribution in [3.8, 4) is 12.3 Å². The Hall–Kier alpha value is -2.77. The second-order valence-electron chi connectivity index (χ2n) is 5.23. The molecule has 10 heteroatoms. The monoisotopic (exact) mass is 320 g/mol. The predicted molar refractivity (Wildman–Crippen MR) is 81.9 cm³/mol. The number of hydrogen-bond donors (Lipinski definition) is 3. The van der Waals surface area contributed by atoms with Crippen LogP contribution in [0.3, 0.4) is 0 Å². The molecule has 0 aromatic carbocycles. The topological polar surface area (TPSA) is 143 Å². The van der Waals surface area contributed by atoms with Crippen LogP contribution in [0.1, 0.15) is 19.1 Å². The number of terminal acetylenes is 1. The van der Waals surface area contributed by atoms with Gasteiger partial charge in [-0.15, -0.1) is 6.42 Å². The molecule has 2 atom stereocenters. The highest BCUT2D eigenvalue weighted by molar-refractivity contribution is 5.72. The lowest BCUT2D eigenvalue weighted by Gasteiger charge is -2.13. The van der Waals surface area contributed by atoms with Gasteiger partial charge in [0.25, 0.3) is 5.56 Å². The zero-order valence-corrected chi connectivity index (χ0v) is 12.2. The number of ether oxygens (including phenoxy) is 1. The quantitative estimate of drug-likeness (QED) is 0.436. The first-order valence-corrected chi connectivity index (χ1v) is 6.97. The van der Waals surface area contributed by atoms with Gasteiger partial charge in [0, 0.05) is 0 Å². The predicted octanol–water partition coefficient (Wildman–Crippen LogP) is -2.04. The molecule has 2 aromatic rings. The molecule has 0 bridgehead atoms. The van der Waals surface area contributed by atoms with Gasteiger partial charge >= 0.3 is 5.69 Å². The van der Waals surface area contributed by atoms with Crippen LogP contribution in [-0.2, 0) is 11.3 Å². The summed E-state index contributed by atoms with van der Waals surface area (Å²) in [4.78, 5) is 29.0. The number of aliphatic hydroxyl groups is 1. The molecular weight excluding hydrogens is 304 g/mol. The maximum absolute atomic E-state index is 12.7. The van der Waals surface area contributed by atoms with Crippen molar-refractivity contribution in [1.82, 2.24) is 18.8 Å². The van der Waals surface area contributed by atoms with Gasteiger partial charge < -0.3 is 21.4 Å². The highest BCUT2D eigenvalue weighted by Gasteiger charge is 2.31. The van der Waals surface area contributed by atoms with Crippen LogP contribution in [0.15, 0.2) is 9.59 Å². The average molecular weight is 320 g/mol. The largest absolute Gasteiger partial charge is 0.394 e. The summed E-state index contributed by atoms with van der Waals surface area (Å²) < 4.78 is 8.62. The summed E-state index contributed by atoms with van der Waals surface area (Å²) in [6, 6.07) is 0. The van der Waals surface area contributed by atoms with E-state index >= 15 is 0 Å². The molecule has 2 unspecified atom stereocenters. The summed E-state index contributed by atoms with van der Waals surface area (Å²) in [6.07, 6.45) is 5.33. The van der Waals surface area contributed by atoms with Crippen molar-refractivity contribution in [2.24, 2.45) is 0 Å². The number of nitrogens with two attached hydrogens (primary N) is 2. The van der Waals surface area contributed by atoms with Crippen LogP contribution in [0.4, 0.5) is 5.95 Å². The first kappa shape index (κ1) is 15.1. The number of fused-ring (bicyclic) bond motifs is 1. The van der Waals surface area contributed by atoms with Crippen LogP contribution in [-0.4, -0.2) is 36.6 Å². The Bertz CT molecular complexity index is 918. The minimum absolute atomic E-state index is 0.0271. The average Bonchev–Trinajstić information content (AvgIpc) is 3.09. The molecule has 3 heterocycles.